The van der Waals surface area contributed by atoms with Crippen molar-refractivity contribution in [3.05, 3.63) is 29.1 Å². The summed E-state index contributed by atoms with van der Waals surface area (Å²) in [6.45, 7) is 5.34. The van der Waals surface area contributed by atoms with E-state index in [9.17, 15) is 4.79 Å². The van der Waals surface area contributed by atoms with E-state index in [1.807, 2.05) is 13.8 Å². The molecule has 0 saturated heterocycles. The van der Waals surface area contributed by atoms with E-state index in [0.29, 0.717) is 0 Å². The minimum Gasteiger partial charge on any atom is -0.295 e. The lowest BCUT2D eigenvalue weighted by Crippen LogP contribution is -1.96. The summed E-state index contributed by atoms with van der Waals surface area (Å²) in [7, 11) is 0. The molecule has 1 rings (SSSR count). The summed E-state index contributed by atoms with van der Waals surface area (Å²) in [6, 6.07) is 3.60. The van der Waals surface area contributed by atoms with Gasteiger partial charge in [-0.05, 0) is 32.9 Å². The minimum absolute atomic E-state index is 0.0959. The number of nitrogens with zero attached hydrogens (tertiary/aromatic N) is 1. The van der Waals surface area contributed by atoms with Crippen LogP contribution in [0.4, 0.5) is 0 Å². The number of hydrogen-bond donors (Lipinski definition) is 0. The number of aryl methyl sites for hydroxylation is 2. The van der Waals surface area contributed by atoms with Crippen molar-refractivity contribution in [2.75, 3.05) is 0 Å². The van der Waals surface area contributed by atoms with Gasteiger partial charge >= 0.3 is 0 Å². The molecule has 0 N–H and O–H groups in total. The fourth-order valence-electron chi connectivity index (χ4n) is 1.04. The van der Waals surface area contributed by atoms with Crippen LogP contribution in [0.25, 0.3) is 0 Å². The normalized spacial score (nSPS) is 9.73. The molecule has 0 unspecified atom stereocenters. The Morgan fingerprint density at radius 2 is 1.73 bits per heavy atom. The maximum atomic E-state index is 10.9. The van der Waals surface area contributed by atoms with Crippen LogP contribution in [0, 0.1) is 13.8 Å². The number of ketones is 1. The maximum Gasteiger partial charge on any atom is 0.159 e. The summed E-state index contributed by atoms with van der Waals surface area (Å²) >= 11 is 0. The topological polar surface area (TPSA) is 30.0 Å². The van der Waals surface area contributed by atoms with Crippen LogP contribution in [-0.4, -0.2) is 10.8 Å². The molecule has 0 amide bonds. The Morgan fingerprint density at radius 3 is 2.09 bits per heavy atom. The molecular weight excluding hydrogens is 138 g/mol. The van der Waals surface area contributed by atoms with Gasteiger partial charge in [0.1, 0.15) is 0 Å². The summed E-state index contributed by atoms with van der Waals surface area (Å²) in [5.74, 6) is 0.0959. The van der Waals surface area contributed by atoms with Gasteiger partial charge in [-0.3, -0.25) is 9.78 Å². The van der Waals surface area contributed by atoms with Crippen LogP contribution in [0.15, 0.2) is 12.1 Å². The van der Waals surface area contributed by atoms with E-state index in [1.165, 1.54) is 0 Å². The predicted octanol–water partition coefficient (Wildman–Crippen LogP) is 1.90. The number of pyridine rings is 1. The highest BCUT2D eigenvalue weighted by atomic mass is 16.1. The Labute approximate surface area is 66.3 Å². The van der Waals surface area contributed by atoms with Crippen LogP contribution in [-0.2, 0) is 0 Å². The molecule has 0 aromatic carbocycles. The average molecular weight is 149 g/mol. The quantitative estimate of drug-likeness (QED) is 0.571. The molecule has 0 aliphatic carbocycles. The molecule has 2 nitrogen and oxygen atoms in total. The van der Waals surface area contributed by atoms with Gasteiger partial charge in [0.2, 0.25) is 0 Å². The van der Waals surface area contributed by atoms with Crippen molar-refractivity contribution in [2.24, 2.45) is 0 Å². The number of hydrogen-bond acceptors (Lipinski definition) is 2. The molecule has 0 fully saturated rings. The Hall–Kier alpha value is -1.18. The van der Waals surface area contributed by atoms with Crippen molar-refractivity contribution in [3.8, 4) is 0 Å². The van der Waals surface area contributed by atoms with Gasteiger partial charge in [0.15, 0.2) is 5.78 Å². The van der Waals surface area contributed by atoms with Crippen LogP contribution < -0.4 is 0 Å². The summed E-state index contributed by atoms with van der Waals surface area (Å²) in [6.07, 6.45) is 0. The smallest absolute Gasteiger partial charge is 0.159 e. The van der Waals surface area contributed by atoms with Gasteiger partial charge in [-0.15, -0.1) is 0 Å². The molecule has 0 radical (unpaired) electrons. The summed E-state index contributed by atoms with van der Waals surface area (Å²) in [5.41, 5.74) is 2.54. The average Bonchev–Trinajstić information content (AvgIpc) is 1.85. The van der Waals surface area contributed by atoms with Gasteiger partial charge in [0, 0.05) is 17.0 Å². The van der Waals surface area contributed by atoms with Gasteiger partial charge in [-0.1, -0.05) is 0 Å². The van der Waals surface area contributed by atoms with Crippen molar-refractivity contribution in [1.82, 2.24) is 4.98 Å². The molecule has 11 heavy (non-hydrogen) atoms. The molecule has 0 spiro atoms. The van der Waals surface area contributed by atoms with Crippen LogP contribution in [0.5, 0.6) is 0 Å². The third-order valence-electron chi connectivity index (χ3n) is 1.49. The third kappa shape index (κ3) is 1.87. The van der Waals surface area contributed by atoms with E-state index < -0.39 is 0 Å². The van der Waals surface area contributed by atoms with Gasteiger partial charge in [0.05, 0.1) is 0 Å². The fourth-order valence-corrected chi connectivity index (χ4v) is 1.04. The molecule has 2 heteroatoms. The number of rotatable bonds is 1. The molecule has 58 valence electrons. The molecule has 0 atom stereocenters. The van der Waals surface area contributed by atoms with Crippen molar-refractivity contribution >= 4 is 5.78 Å². The van der Waals surface area contributed by atoms with E-state index >= 15 is 0 Å². The molecular formula is C9H11NO. The van der Waals surface area contributed by atoms with Gasteiger partial charge in [-0.2, -0.15) is 0 Å². The van der Waals surface area contributed by atoms with Crippen molar-refractivity contribution in [2.45, 2.75) is 20.8 Å². The molecule has 0 aliphatic rings. The monoisotopic (exact) mass is 149 g/mol. The zero-order valence-electron chi connectivity index (χ0n) is 7.01. The van der Waals surface area contributed by atoms with Gasteiger partial charge in [-0.25, -0.2) is 0 Å². The van der Waals surface area contributed by atoms with Crippen LogP contribution >= 0.6 is 0 Å². The Bertz CT molecular complexity index is 271. The Morgan fingerprint density at radius 1 is 1.27 bits per heavy atom. The molecule has 1 heterocycles. The largest absolute Gasteiger partial charge is 0.295 e. The molecule has 0 bridgehead atoms. The second-order valence-corrected chi connectivity index (χ2v) is 2.69. The lowest BCUT2D eigenvalue weighted by molar-refractivity contribution is 0.101. The summed E-state index contributed by atoms with van der Waals surface area (Å²) < 4.78 is 0. The zero-order chi connectivity index (χ0) is 8.43. The van der Waals surface area contributed by atoms with Gasteiger partial charge in [0.25, 0.3) is 0 Å². The van der Waals surface area contributed by atoms with Crippen molar-refractivity contribution < 1.29 is 4.79 Å². The minimum atomic E-state index is 0.0959. The van der Waals surface area contributed by atoms with Crippen LogP contribution in [0.1, 0.15) is 28.7 Å². The van der Waals surface area contributed by atoms with E-state index in [0.717, 1.165) is 17.0 Å². The van der Waals surface area contributed by atoms with E-state index in [-0.39, 0.29) is 5.78 Å². The standard InChI is InChI=1S/C9H11NO/c1-6-4-9(8(3)11)5-7(2)10-6/h4-5H,1-3H3. The van der Waals surface area contributed by atoms with Crippen molar-refractivity contribution in [1.29, 1.82) is 0 Å². The highest BCUT2D eigenvalue weighted by Crippen LogP contribution is 2.04. The summed E-state index contributed by atoms with van der Waals surface area (Å²) in [4.78, 5) is 15.1. The van der Waals surface area contributed by atoms with Crippen molar-refractivity contribution in [3.63, 3.8) is 0 Å². The fraction of sp³-hybridized carbons (Fsp3) is 0.333. The number of aromatic nitrogens is 1. The third-order valence-corrected chi connectivity index (χ3v) is 1.49. The first-order valence-corrected chi connectivity index (χ1v) is 3.56. The molecule has 0 saturated carbocycles. The van der Waals surface area contributed by atoms with Gasteiger partial charge < -0.3 is 0 Å². The molecule has 1 aromatic heterocycles. The summed E-state index contributed by atoms with van der Waals surface area (Å²) in [5, 5.41) is 0. The highest BCUT2D eigenvalue weighted by molar-refractivity contribution is 5.94. The zero-order valence-corrected chi connectivity index (χ0v) is 7.01. The second-order valence-electron chi connectivity index (χ2n) is 2.69. The molecule has 1 aromatic rings. The van der Waals surface area contributed by atoms with Crippen LogP contribution in [0.3, 0.4) is 0 Å². The number of carbonyl (C=O) groups excluding carboxylic acids is 1. The molecule has 0 aliphatic heterocycles. The number of Topliss-reactive ketones (excluding diaryl/α,β-unsaturated/α-hetero) is 1. The maximum absolute atomic E-state index is 10.9. The van der Waals surface area contributed by atoms with E-state index in [4.69, 9.17) is 0 Å². The first kappa shape index (κ1) is 7.92. The lowest BCUT2D eigenvalue weighted by Gasteiger charge is -1.98. The lowest BCUT2D eigenvalue weighted by atomic mass is 10.1. The second kappa shape index (κ2) is 2.82. The first-order chi connectivity index (χ1) is 5.09. The first-order valence-electron chi connectivity index (χ1n) is 3.56. The number of carbonyl (C=O) groups is 1. The van der Waals surface area contributed by atoms with E-state index in [2.05, 4.69) is 4.98 Å². The highest BCUT2D eigenvalue weighted by Gasteiger charge is 2.00. The Kier molecular flexibility index (Phi) is 2.03. The SMILES string of the molecule is CC(=O)c1cc(C)nc(C)c1. The van der Waals surface area contributed by atoms with Crippen LogP contribution in [0.2, 0.25) is 0 Å². The predicted molar refractivity (Wildman–Crippen MR) is 43.7 cm³/mol. The Balaban J connectivity index is 3.19. The van der Waals surface area contributed by atoms with E-state index in [1.54, 1.807) is 19.1 Å².